The number of halogens is 3. The number of nitrogens with two attached hydrogens (primary N) is 1. The van der Waals surface area contributed by atoms with Crippen LogP contribution in [0, 0.1) is 0 Å². The van der Waals surface area contributed by atoms with Crippen LogP contribution in [0.3, 0.4) is 0 Å². The maximum absolute atomic E-state index is 12.8. The lowest BCUT2D eigenvalue weighted by molar-refractivity contribution is -0.138. The van der Waals surface area contributed by atoms with E-state index in [2.05, 4.69) is 0 Å². The Kier molecular flexibility index (Phi) is 4.55. The Bertz CT molecular complexity index is 456. The molecule has 1 aromatic carbocycles. The van der Waals surface area contributed by atoms with Crippen LogP contribution in [0.1, 0.15) is 24.0 Å². The molecule has 6 heteroatoms. The Hall–Kier alpha value is -1.27. The summed E-state index contributed by atoms with van der Waals surface area (Å²) in [7, 11) is 1.90. The minimum absolute atomic E-state index is 0.121. The second-order valence-electron chi connectivity index (χ2n) is 5.00. The largest absolute Gasteiger partial charge is 0.416 e. The van der Waals surface area contributed by atoms with Gasteiger partial charge < -0.3 is 15.4 Å². The highest BCUT2D eigenvalue weighted by Crippen LogP contribution is 2.34. The molecule has 3 nitrogen and oxygen atoms in total. The SMILES string of the molecule is CN(c1ccc(C(F)(F)F)c(CN)c1)C1CCOCC1. The molecule has 2 N–H and O–H groups in total. The van der Waals surface area contributed by atoms with Crippen molar-refractivity contribution in [2.75, 3.05) is 25.2 Å². The second kappa shape index (κ2) is 6.01. The zero-order chi connectivity index (χ0) is 14.8. The highest BCUT2D eigenvalue weighted by atomic mass is 19.4. The van der Waals surface area contributed by atoms with Crippen LogP contribution in [0.4, 0.5) is 18.9 Å². The lowest BCUT2D eigenvalue weighted by Gasteiger charge is -2.33. The highest BCUT2D eigenvalue weighted by molar-refractivity contribution is 5.52. The van der Waals surface area contributed by atoms with Crippen molar-refractivity contribution in [2.45, 2.75) is 31.6 Å². The lowest BCUT2D eigenvalue weighted by atomic mass is 10.0. The van der Waals surface area contributed by atoms with Gasteiger partial charge in [-0.3, -0.25) is 0 Å². The fraction of sp³-hybridized carbons (Fsp3) is 0.571. The van der Waals surface area contributed by atoms with Gasteiger partial charge in [0.2, 0.25) is 0 Å². The fourth-order valence-electron chi connectivity index (χ4n) is 2.53. The average Bonchev–Trinajstić information content (AvgIpc) is 2.45. The molecule has 0 saturated carbocycles. The third kappa shape index (κ3) is 3.24. The van der Waals surface area contributed by atoms with Crippen LogP contribution in [-0.2, 0) is 17.5 Å². The zero-order valence-corrected chi connectivity index (χ0v) is 11.4. The second-order valence-corrected chi connectivity index (χ2v) is 5.00. The molecule has 1 aliphatic heterocycles. The van der Waals surface area contributed by atoms with Gasteiger partial charge >= 0.3 is 6.18 Å². The van der Waals surface area contributed by atoms with Gasteiger partial charge in [0.15, 0.2) is 0 Å². The quantitative estimate of drug-likeness (QED) is 0.929. The number of rotatable bonds is 3. The molecule has 1 aliphatic rings. The minimum atomic E-state index is -4.36. The number of anilines is 1. The van der Waals surface area contributed by atoms with E-state index in [-0.39, 0.29) is 12.1 Å². The molecule has 0 aliphatic carbocycles. The summed E-state index contributed by atoms with van der Waals surface area (Å²) >= 11 is 0. The summed E-state index contributed by atoms with van der Waals surface area (Å²) in [5.74, 6) is 0. The topological polar surface area (TPSA) is 38.5 Å². The van der Waals surface area contributed by atoms with Crippen molar-refractivity contribution < 1.29 is 17.9 Å². The maximum Gasteiger partial charge on any atom is 0.416 e. The van der Waals surface area contributed by atoms with Crippen LogP contribution >= 0.6 is 0 Å². The van der Waals surface area contributed by atoms with Gasteiger partial charge in [0.25, 0.3) is 0 Å². The summed E-state index contributed by atoms with van der Waals surface area (Å²) in [6.45, 7) is 1.27. The highest BCUT2D eigenvalue weighted by Gasteiger charge is 2.33. The van der Waals surface area contributed by atoms with Crippen LogP contribution in [0.5, 0.6) is 0 Å². The molecular weight excluding hydrogens is 269 g/mol. The van der Waals surface area contributed by atoms with E-state index in [1.54, 1.807) is 0 Å². The molecule has 1 aromatic rings. The molecule has 2 rings (SSSR count). The predicted molar refractivity (Wildman–Crippen MR) is 71.6 cm³/mol. The van der Waals surface area contributed by atoms with Gasteiger partial charge in [-0.25, -0.2) is 0 Å². The van der Waals surface area contributed by atoms with Gasteiger partial charge in [-0.1, -0.05) is 0 Å². The van der Waals surface area contributed by atoms with E-state index in [1.165, 1.54) is 12.1 Å². The minimum Gasteiger partial charge on any atom is -0.381 e. The third-order valence-electron chi connectivity index (χ3n) is 3.76. The molecule has 0 amide bonds. The van der Waals surface area contributed by atoms with E-state index >= 15 is 0 Å². The molecular formula is C14H19F3N2O. The van der Waals surface area contributed by atoms with Gasteiger partial charge in [0, 0.05) is 38.5 Å². The number of alkyl halides is 3. The summed E-state index contributed by atoms with van der Waals surface area (Å²) in [4.78, 5) is 2.02. The predicted octanol–water partition coefficient (Wildman–Crippen LogP) is 2.78. The van der Waals surface area contributed by atoms with Gasteiger partial charge in [-0.15, -0.1) is 0 Å². The smallest absolute Gasteiger partial charge is 0.381 e. The Balaban J connectivity index is 2.24. The van der Waals surface area contributed by atoms with Crippen molar-refractivity contribution >= 4 is 5.69 Å². The van der Waals surface area contributed by atoms with E-state index in [1.807, 2.05) is 11.9 Å². The first-order valence-corrected chi connectivity index (χ1v) is 6.64. The van der Waals surface area contributed by atoms with Gasteiger partial charge in [-0.2, -0.15) is 13.2 Å². The van der Waals surface area contributed by atoms with Crippen molar-refractivity contribution in [3.05, 3.63) is 29.3 Å². The van der Waals surface area contributed by atoms with Crippen LogP contribution in [0.25, 0.3) is 0 Å². The van der Waals surface area contributed by atoms with Crippen LogP contribution < -0.4 is 10.6 Å². The number of ether oxygens (including phenoxy) is 1. The first kappa shape index (κ1) is 15.1. The number of hydrogen-bond donors (Lipinski definition) is 1. The van der Waals surface area contributed by atoms with Crippen molar-refractivity contribution in [2.24, 2.45) is 5.73 Å². The maximum atomic E-state index is 12.8. The number of benzene rings is 1. The zero-order valence-electron chi connectivity index (χ0n) is 11.4. The van der Waals surface area contributed by atoms with Crippen molar-refractivity contribution in [3.63, 3.8) is 0 Å². The normalized spacial score (nSPS) is 17.2. The Morgan fingerprint density at radius 1 is 1.30 bits per heavy atom. The third-order valence-corrected chi connectivity index (χ3v) is 3.76. The van der Waals surface area contributed by atoms with E-state index in [0.717, 1.165) is 24.6 Å². The van der Waals surface area contributed by atoms with Crippen molar-refractivity contribution in [3.8, 4) is 0 Å². The Labute approximate surface area is 116 Å². The standard InChI is InChI=1S/C14H19F3N2O/c1-19(11-4-6-20-7-5-11)12-2-3-13(14(15,16)17)10(8-12)9-18/h2-3,8,11H,4-7,9,18H2,1H3. The number of hydrogen-bond acceptors (Lipinski definition) is 3. The molecule has 0 spiro atoms. The van der Waals surface area contributed by atoms with Crippen molar-refractivity contribution in [1.29, 1.82) is 0 Å². The number of nitrogens with zero attached hydrogens (tertiary/aromatic N) is 1. The molecule has 1 heterocycles. The van der Waals surface area contributed by atoms with Crippen LogP contribution in [0.15, 0.2) is 18.2 Å². The van der Waals surface area contributed by atoms with E-state index in [9.17, 15) is 13.2 Å². The van der Waals surface area contributed by atoms with E-state index in [0.29, 0.717) is 19.3 Å². The molecule has 1 saturated heterocycles. The Morgan fingerprint density at radius 3 is 2.50 bits per heavy atom. The molecule has 0 aromatic heterocycles. The first-order valence-electron chi connectivity index (χ1n) is 6.64. The first-order chi connectivity index (χ1) is 9.43. The summed E-state index contributed by atoms with van der Waals surface area (Å²) in [5.41, 5.74) is 5.71. The van der Waals surface area contributed by atoms with E-state index in [4.69, 9.17) is 10.5 Å². The fourth-order valence-corrected chi connectivity index (χ4v) is 2.53. The van der Waals surface area contributed by atoms with Crippen LogP contribution in [0.2, 0.25) is 0 Å². The van der Waals surface area contributed by atoms with Crippen molar-refractivity contribution in [1.82, 2.24) is 0 Å². The summed E-state index contributed by atoms with van der Waals surface area (Å²) in [5, 5.41) is 0. The summed E-state index contributed by atoms with van der Waals surface area (Å²) in [6, 6.07) is 4.47. The molecule has 0 radical (unpaired) electrons. The molecule has 0 atom stereocenters. The van der Waals surface area contributed by atoms with Gasteiger partial charge in [-0.05, 0) is 36.6 Å². The molecule has 112 valence electrons. The average molecular weight is 288 g/mol. The lowest BCUT2D eigenvalue weighted by Crippen LogP contribution is -2.36. The monoisotopic (exact) mass is 288 g/mol. The van der Waals surface area contributed by atoms with E-state index < -0.39 is 11.7 Å². The summed E-state index contributed by atoms with van der Waals surface area (Å²) in [6.07, 6.45) is -2.59. The van der Waals surface area contributed by atoms with Crippen LogP contribution in [-0.4, -0.2) is 26.3 Å². The Morgan fingerprint density at radius 2 is 1.95 bits per heavy atom. The van der Waals surface area contributed by atoms with Gasteiger partial charge in [0.1, 0.15) is 0 Å². The molecule has 1 fully saturated rings. The summed E-state index contributed by atoms with van der Waals surface area (Å²) < 4.78 is 43.8. The molecule has 0 unspecified atom stereocenters. The molecule has 0 bridgehead atoms. The molecule has 20 heavy (non-hydrogen) atoms. The van der Waals surface area contributed by atoms with Gasteiger partial charge in [0.05, 0.1) is 5.56 Å².